The summed E-state index contributed by atoms with van der Waals surface area (Å²) in [6.07, 6.45) is 0. The van der Waals surface area contributed by atoms with Crippen LogP contribution in [0.25, 0.3) is 0 Å². The van der Waals surface area contributed by atoms with Crippen LogP contribution in [0.15, 0.2) is 28.7 Å². The van der Waals surface area contributed by atoms with Crippen LogP contribution < -0.4 is 0 Å². The monoisotopic (exact) mass is 216 g/mol. The van der Waals surface area contributed by atoms with E-state index in [1.54, 1.807) is 0 Å². The van der Waals surface area contributed by atoms with Gasteiger partial charge in [0.2, 0.25) is 0 Å². The van der Waals surface area contributed by atoms with E-state index in [4.69, 9.17) is 11.6 Å². The van der Waals surface area contributed by atoms with E-state index in [-0.39, 0.29) is 25.9 Å². The maximum absolute atomic E-state index is 5.59. The van der Waals surface area contributed by atoms with E-state index in [0.717, 1.165) is 9.50 Å². The zero-order valence-electron chi connectivity index (χ0n) is 6.77. The van der Waals surface area contributed by atoms with Crippen LogP contribution >= 0.6 is 27.5 Å². The summed E-state index contributed by atoms with van der Waals surface area (Å²) < 4.78 is 1.06. The molecule has 0 aliphatic heterocycles. The van der Waals surface area contributed by atoms with Gasteiger partial charge in [0.05, 0.1) is 0 Å². The molecule has 0 saturated carbocycles. The third kappa shape index (κ3) is 3.45. The molecule has 1 aromatic rings. The average Bonchev–Trinajstić information content (AvgIpc) is 1.77. The van der Waals surface area contributed by atoms with Gasteiger partial charge in [0.25, 0.3) is 0 Å². The van der Waals surface area contributed by atoms with Crippen molar-refractivity contribution in [3.63, 3.8) is 0 Å². The molecular formula is C6H6BrClMg. The zero-order valence-corrected chi connectivity index (χ0v) is 8.53. The van der Waals surface area contributed by atoms with E-state index in [1.165, 1.54) is 0 Å². The first-order valence-electron chi connectivity index (χ1n) is 2.20. The van der Waals surface area contributed by atoms with Gasteiger partial charge in [-0.3, -0.25) is 0 Å². The van der Waals surface area contributed by atoms with Crippen LogP contribution in [0.2, 0.25) is 5.02 Å². The molecule has 0 amide bonds. The summed E-state index contributed by atoms with van der Waals surface area (Å²) in [4.78, 5) is 0. The fraction of sp³-hybridized carbons (Fsp3) is 0. The standard InChI is InChI=1S/C6H4BrCl.Mg.2H/c7-5-1-3-6(8)4-2-5;;;/h1-4H;;;/q;+2;2*-1. The fourth-order valence-corrected chi connectivity index (χ4v) is 0.820. The van der Waals surface area contributed by atoms with Crippen molar-refractivity contribution in [3.05, 3.63) is 33.8 Å². The minimum atomic E-state index is 0. The Hall–Kier alpha value is 0.756. The van der Waals surface area contributed by atoms with Crippen molar-refractivity contribution in [3.8, 4) is 0 Å². The summed E-state index contributed by atoms with van der Waals surface area (Å²) in [6.45, 7) is 0. The minimum absolute atomic E-state index is 0. The van der Waals surface area contributed by atoms with Crippen molar-refractivity contribution in [2.45, 2.75) is 0 Å². The summed E-state index contributed by atoms with van der Waals surface area (Å²) >= 11 is 8.88. The second-order valence-electron chi connectivity index (χ2n) is 1.44. The Morgan fingerprint density at radius 3 is 2.00 bits per heavy atom. The van der Waals surface area contributed by atoms with Gasteiger partial charge in [0, 0.05) is 9.50 Å². The summed E-state index contributed by atoms with van der Waals surface area (Å²) in [6, 6.07) is 7.49. The Morgan fingerprint density at radius 2 is 1.67 bits per heavy atom. The minimum Gasteiger partial charge on any atom is -1.00 e. The number of hydrogen-bond acceptors (Lipinski definition) is 0. The average molecular weight is 218 g/mol. The van der Waals surface area contributed by atoms with Gasteiger partial charge in [-0.05, 0) is 24.3 Å². The van der Waals surface area contributed by atoms with Crippen molar-refractivity contribution in [1.82, 2.24) is 0 Å². The van der Waals surface area contributed by atoms with Gasteiger partial charge in [-0.15, -0.1) is 0 Å². The maximum atomic E-state index is 5.59. The van der Waals surface area contributed by atoms with Gasteiger partial charge in [0.15, 0.2) is 0 Å². The summed E-state index contributed by atoms with van der Waals surface area (Å²) in [7, 11) is 0. The van der Waals surface area contributed by atoms with Gasteiger partial charge in [-0.1, -0.05) is 27.5 Å². The Morgan fingerprint density at radius 1 is 1.22 bits per heavy atom. The van der Waals surface area contributed by atoms with E-state index < -0.39 is 0 Å². The second kappa shape index (κ2) is 4.55. The molecule has 0 bridgehead atoms. The van der Waals surface area contributed by atoms with Crippen molar-refractivity contribution < 1.29 is 2.85 Å². The molecule has 1 aromatic carbocycles. The Balaban J connectivity index is -0.000000213. The number of halogens is 2. The van der Waals surface area contributed by atoms with E-state index in [2.05, 4.69) is 15.9 Å². The molecule has 0 fully saturated rings. The molecule has 0 N–H and O–H groups in total. The molecule has 0 atom stereocenters. The molecule has 1 rings (SSSR count). The van der Waals surface area contributed by atoms with Crippen molar-refractivity contribution in [1.29, 1.82) is 0 Å². The largest absolute Gasteiger partial charge is 2.00 e. The Bertz CT molecular complexity index is 159. The number of hydrogen-bond donors (Lipinski definition) is 0. The van der Waals surface area contributed by atoms with Gasteiger partial charge in [-0.2, -0.15) is 0 Å². The molecule has 9 heavy (non-hydrogen) atoms. The van der Waals surface area contributed by atoms with E-state index in [0.29, 0.717) is 0 Å². The van der Waals surface area contributed by atoms with Gasteiger partial charge in [-0.25, -0.2) is 0 Å². The van der Waals surface area contributed by atoms with Crippen LogP contribution in [0.3, 0.4) is 0 Å². The van der Waals surface area contributed by atoms with Gasteiger partial charge in [0.1, 0.15) is 0 Å². The van der Waals surface area contributed by atoms with E-state index in [9.17, 15) is 0 Å². The first-order valence-corrected chi connectivity index (χ1v) is 3.37. The topological polar surface area (TPSA) is 0 Å². The van der Waals surface area contributed by atoms with Crippen LogP contribution in [0.5, 0.6) is 0 Å². The molecule has 0 aliphatic carbocycles. The normalized spacial score (nSPS) is 8.22. The summed E-state index contributed by atoms with van der Waals surface area (Å²) in [5.41, 5.74) is 0. The maximum Gasteiger partial charge on any atom is 2.00 e. The smallest absolute Gasteiger partial charge is 1.00 e. The van der Waals surface area contributed by atoms with Crippen molar-refractivity contribution in [2.24, 2.45) is 0 Å². The van der Waals surface area contributed by atoms with Crippen molar-refractivity contribution in [2.75, 3.05) is 0 Å². The first kappa shape index (κ1) is 9.76. The Labute approximate surface area is 86.8 Å². The third-order valence-corrected chi connectivity index (χ3v) is 1.58. The predicted molar refractivity (Wildman–Crippen MR) is 47.1 cm³/mol. The molecular weight excluding hydrogens is 212 g/mol. The van der Waals surface area contributed by atoms with Crippen LogP contribution in [0.4, 0.5) is 0 Å². The molecule has 0 heterocycles. The van der Waals surface area contributed by atoms with Crippen LogP contribution in [0, 0.1) is 0 Å². The van der Waals surface area contributed by atoms with Crippen LogP contribution in [-0.2, 0) is 0 Å². The fourth-order valence-electron chi connectivity index (χ4n) is 0.430. The molecule has 0 aliphatic rings. The number of benzene rings is 1. The Kier molecular flexibility index (Phi) is 4.94. The van der Waals surface area contributed by atoms with Crippen molar-refractivity contribution >= 4 is 50.6 Å². The molecule has 0 saturated heterocycles. The second-order valence-corrected chi connectivity index (χ2v) is 2.79. The van der Waals surface area contributed by atoms with Gasteiger partial charge >= 0.3 is 23.1 Å². The first-order chi connectivity index (χ1) is 3.79. The van der Waals surface area contributed by atoms with Crippen LogP contribution in [0.1, 0.15) is 2.85 Å². The summed E-state index contributed by atoms with van der Waals surface area (Å²) in [5, 5.41) is 0.771. The van der Waals surface area contributed by atoms with E-state index >= 15 is 0 Å². The molecule has 0 spiro atoms. The predicted octanol–water partition coefficient (Wildman–Crippen LogP) is 2.95. The zero-order chi connectivity index (χ0) is 5.98. The summed E-state index contributed by atoms with van der Waals surface area (Å²) in [5.74, 6) is 0. The molecule has 0 radical (unpaired) electrons. The molecule has 3 heteroatoms. The number of rotatable bonds is 0. The molecule has 46 valence electrons. The van der Waals surface area contributed by atoms with E-state index in [1.807, 2.05) is 24.3 Å². The van der Waals surface area contributed by atoms with Crippen LogP contribution in [-0.4, -0.2) is 23.1 Å². The SMILES string of the molecule is Clc1ccc(Br)cc1.[H-].[H-].[Mg+2]. The molecule has 0 aromatic heterocycles. The third-order valence-electron chi connectivity index (χ3n) is 0.804. The molecule has 0 nitrogen and oxygen atoms in total. The molecule has 0 unspecified atom stereocenters. The van der Waals surface area contributed by atoms with Gasteiger partial charge < -0.3 is 2.85 Å². The quantitative estimate of drug-likeness (QED) is 0.587.